The Morgan fingerprint density at radius 1 is 1.45 bits per heavy atom. The van der Waals surface area contributed by atoms with Crippen LogP contribution in [0.3, 0.4) is 0 Å². The van der Waals surface area contributed by atoms with Crippen molar-refractivity contribution < 1.29 is 0 Å². The fraction of sp³-hybridized carbons (Fsp3) is 0.765. The third-order valence-electron chi connectivity index (χ3n) is 5.29. The zero-order chi connectivity index (χ0) is 15.5. The maximum Gasteiger partial charge on any atom is 0.0226 e. The molecule has 0 aliphatic heterocycles. The molecular weight excluding hydrogens is 300 g/mol. The Labute approximate surface area is 142 Å². The molecule has 0 aromatic heterocycles. The van der Waals surface area contributed by atoms with Crippen molar-refractivity contribution in [1.29, 1.82) is 0 Å². The lowest BCUT2D eigenvalue weighted by atomic mass is 9.77. The Morgan fingerprint density at radius 2 is 2.05 bits per heavy atom. The van der Waals surface area contributed by atoms with Crippen molar-refractivity contribution in [3.63, 3.8) is 0 Å². The van der Waals surface area contributed by atoms with E-state index in [0.29, 0.717) is 28.3 Å². The van der Waals surface area contributed by atoms with Crippen molar-refractivity contribution in [2.75, 3.05) is 0 Å². The predicted octanol–water partition coefficient (Wildman–Crippen LogP) is 5.48. The van der Waals surface area contributed by atoms with Gasteiger partial charge in [0.25, 0.3) is 0 Å². The molecule has 1 saturated carbocycles. The van der Waals surface area contributed by atoms with Gasteiger partial charge in [-0.15, -0.1) is 6.58 Å². The fourth-order valence-electron chi connectivity index (χ4n) is 3.29. The second kappa shape index (κ2) is 7.69. The summed E-state index contributed by atoms with van der Waals surface area (Å²) in [6.07, 6.45) is 6.29. The number of hydrogen-bond donors (Lipinski definition) is 3. The first kappa shape index (κ1) is 18.6. The normalized spacial score (nSPS) is 38.1. The van der Waals surface area contributed by atoms with Crippen LogP contribution in [0.25, 0.3) is 0 Å². The zero-order valence-corrected chi connectivity index (χ0v) is 15.7. The van der Waals surface area contributed by atoms with Gasteiger partial charge in [-0.3, -0.25) is 0 Å². The molecule has 20 heavy (non-hydrogen) atoms. The van der Waals surface area contributed by atoms with Crippen molar-refractivity contribution in [3.8, 4) is 0 Å². The SMILES string of the molecule is C=CC(CC)C(S)CC1(S)CCC(S)C(=C)C(C)C1C. The van der Waals surface area contributed by atoms with Crippen LogP contribution in [-0.4, -0.2) is 15.2 Å². The van der Waals surface area contributed by atoms with E-state index in [1.54, 1.807) is 0 Å². The molecule has 1 fully saturated rings. The summed E-state index contributed by atoms with van der Waals surface area (Å²) in [6.45, 7) is 15.0. The molecule has 0 radical (unpaired) electrons. The lowest BCUT2D eigenvalue weighted by molar-refractivity contribution is 0.302. The van der Waals surface area contributed by atoms with Gasteiger partial charge in [-0.25, -0.2) is 0 Å². The fourth-order valence-corrected chi connectivity index (χ4v) is 5.00. The van der Waals surface area contributed by atoms with E-state index >= 15 is 0 Å². The molecule has 1 rings (SSSR count). The summed E-state index contributed by atoms with van der Waals surface area (Å²) in [5, 5.41) is 0.635. The molecule has 6 atom stereocenters. The van der Waals surface area contributed by atoms with Gasteiger partial charge >= 0.3 is 0 Å². The summed E-state index contributed by atoms with van der Waals surface area (Å²) in [4.78, 5) is 0. The molecule has 0 aromatic rings. The number of thiol groups is 3. The van der Waals surface area contributed by atoms with Crippen molar-refractivity contribution in [2.45, 2.75) is 61.7 Å². The monoisotopic (exact) mass is 330 g/mol. The van der Waals surface area contributed by atoms with Crippen LogP contribution in [0.5, 0.6) is 0 Å². The summed E-state index contributed by atoms with van der Waals surface area (Å²) in [6, 6.07) is 0. The lowest BCUT2D eigenvalue weighted by Crippen LogP contribution is -2.37. The van der Waals surface area contributed by atoms with Crippen LogP contribution < -0.4 is 0 Å². The summed E-state index contributed by atoms with van der Waals surface area (Å²) >= 11 is 14.6. The molecule has 6 unspecified atom stereocenters. The topological polar surface area (TPSA) is 0 Å². The van der Waals surface area contributed by atoms with Gasteiger partial charge < -0.3 is 0 Å². The van der Waals surface area contributed by atoms with E-state index in [1.165, 1.54) is 5.57 Å². The van der Waals surface area contributed by atoms with Gasteiger partial charge in [0.05, 0.1) is 0 Å². The van der Waals surface area contributed by atoms with E-state index in [9.17, 15) is 0 Å². The van der Waals surface area contributed by atoms with Crippen molar-refractivity contribution in [2.24, 2.45) is 17.8 Å². The molecule has 0 heterocycles. The first-order valence-electron chi connectivity index (χ1n) is 7.66. The molecule has 0 amide bonds. The maximum absolute atomic E-state index is 5.11. The van der Waals surface area contributed by atoms with Crippen LogP contribution in [-0.2, 0) is 0 Å². The van der Waals surface area contributed by atoms with Crippen LogP contribution in [0.1, 0.15) is 46.5 Å². The quantitative estimate of drug-likeness (QED) is 0.332. The third-order valence-corrected chi connectivity index (χ3v) is 7.26. The Bertz CT molecular complexity index is 352. The van der Waals surface area contributed by atoms with Crippen molar-refractivity contribution in [1.82, 2.24) is 0 Å². The minimum Gasteiger partial charge on any atom is -0.175 e. The third kappa shape index (κ3) is 4.04. The molecule has 1 aliphatic rings. The van der Waals surface area contributed by atoms with Crippen LogP contribution in [0.15, 0.2) is 24.8 Å². The minimum absolute atomic E-state index is 0.0166. The van der Waals surface area contributed by atoms with E-state index < -0.39 is 0 Å². The second-order valence-electron chi connectivity index (χ2n) is 6.39. The highest BCUT2D eigenvalue weighted by Gasteiger charge is 2.41. The molecular formula is C17H30S3. The maximum atomic E-state index is 5.11. The molecule has 0 N–H and O–H groups in total. The van der Waals surface area contributed by atoms with Crippen LogP contribution in [0.2, 0.25) is 0 Å². The van der Waals surface area contributed by atoms with E-state index in [1.807, 2.05) is 6.08 Å². The van der Waals surface area contributed by atoms with Crippen LogP contribution in [0, 0.1) is 17.8 Å². The molecule has 0 saturated heterocycles. The summed E-state index contributed by atoms with van der Waals surface area (Å²) < 4.78 is 0.0166. The number of allylic oxidation sites excluding steroid dienone is 1. The van der Waals surface area contributed by atoms with Gasteiger partial charge in [0, 0.05) is 15.2 Å². The first-order valence-corrected chi connectivity index (χ1v) is 9.14. The van der Waals surface area contributed by atoms with E-state index in [0.717, 1.165) is 25.7 Å². The molecule has 0 spiro atoms. The Morgan fingerprint density at radius 3 is 2.55 bits per heavy atom. The highest BCUT2D eigenvalue weighted by Crippen LogP contribution is 2.47. The predicted molar refractivity (Wildman–Crippen MR) is 103 cm³/mol. The molecule has 0 bridgehead atoms. The average Bonchev–Trinajstić information content (AvgIpc) is 2.48. The van der Waals surface area contributed by atoms with Gasteiger partial charge in [-0.05, 0) is 43.4 Å². The Hall–Kier alpha value is 0.530. The van der Waals surface area contributed by atoms with Crippen LogP contribution >= 0.6 is 37.9 Å². The van der Waals surface area contributed by atoms with E-state index in [2.05, 4.69) is 33.9 Å². The highest BCUT2D eigenvalue weighted by atomic mass is 32.1. The Balaban J connectivity index is 2.90. The molecule has 116 valence electrons. The molecule has 0 aromatic carbocycles. The first-order chi connectivity index (χ1) is 9.26. The summed E-state index contributed by atoms with van der Waals surface area (Å²) in [7, 11) is 0. The molecule has 1 aliphatic carbocycles. The summed E-state index contributed by atoms with van der Waals surface area (Å²) in [5.41, 5.74) is 1.27. The van der Waals surface area contributed by atoms with Gasteiger partial charge in [-0.1, -0.05) is 39.0 Å². The van der Waals surface area contributed by atoms with E-state index in [-0.39, 0.29) is 4.75 Å². The van der Waals surface area contributed by atoms with E-state index in [4.69, 9.17) is 37.9 Å². The van der Waals surface area contributed by atoms with Crippen molar-refractivity contribution >= 4 is 37.9 Å². The highest BCUT2D eigenvalue weighted by molar-refractivity contribution is 7.82. The summed E-state index contributed by atoms with van der Waals surface area (Å²) in [5.74, 6) is 1.41. The average molecular weight is 331 g/mol. The zero-order valence-electron chi connectivity index (χ0n) is 13.0. The van der Waals surface area contributed by atoms with Gasteiger partial charge in [0.15, 0.2) is 0 Å². The van der Waals surface area contributed by atoms with Gasteiger partial charge in [0.2, 0.25) is 0 Å². The minimum atomic E-state index is 0.0166. The second-order valence-corrected chi connectivity index (χ2v) is 8.57. The number of rotatable bonds is 5. The van der Waals surface area contributed by atoms with Crippen LogP contribution in [0.4, 0.5) is 0 Å². The van der Waals surface area contributed by atoms with Gasteiger partial charge in [0.1, 0.15) is 0 Å². The largest absolute Gasteiger partial charge is 0.175 e. The smallest absolute Gasteiger partial charge is 0.0226 e. The molecule has 0 nitrogen and oxygen atoms in total. The van der Waals surface area contributed by atoms with Crippen molar-refractivity contribution in [3.05, 3.63) is 24.8 Å². The standard InChI is InChI=1S/C17H30S3/c1-6-14(7-2)16(19)10-17(20)9-8-15(18)12(4)11(3)13(17)5/h6,11,13-16,18-20H,1,4,7-10H2,2-3,5H3. The van der Waals surface area contributed by atoms with Gasteiger partial charge in [-0.2, -0.15) is 37.9 Å². The molecule has 3 heteroatoms. The lowest BCUT2D eigenvalue weighted by Gasteiger charge is -2.39. The number of hydrogen-bond acceptors (Lipinski definition) is 3. The Kier molecular flexibility index (Phi) is 7.14.